The molecule has 18 heavy (non-hydrogen) atoms. The van der Waals surface area contributed by atoms with E-state index < -0.39 is 0 Å². The quantitative estimate of drug-likeness (QED) is 0.586. The van der Waals surface area contributed by atoms with Crippen molar-refractivity contribution in [3.05, 3.63) is 41.3 Å². The van der Waals surface area contributed by atoms with Gasteiger partial charge < -0.3 is 4.79 Å². The Kier molecular flexibility index (Phi) is 14.1. The van der Waals surface area contributed by atoms with Crippen molar-refractivity contribution in [3.8, 4) is 0 Å². The fourth-order valence-electron chi connectivity index (χ4n) is 1.31. The summed E-state index contributed by atoms with van der Waals surface area (Å²) in [6, 6.07) is 5.88. The van der Waals surface area contributed by atoms with Gasteiger partial charge in [-0.15, -0.1) is 0 Å². The summed E-state index contributed by atoms with van der Waals surface area (Å²) >= 11 is 0. The Labute approximate surface area is 112 Å². The highest BCUT2D eigenvalue weighted by Gasteiger charge is 1.93. The van der Waals surface area contributed by atoms with Gasteiger partial charge in [0, 0.05) is 0 Å². The number of hydrogen-bond acceptors (Lipinski definition) is 1. The fourth-order valence-corrected chi connectivity index (χ4v) is 1.31. The van der Waals surface area contributed by atoms with Gasteiger partial charge in [-0.3, -0.25) is 0 Å². The van der Waals surface area contributed by atoms with Gasteiger partial charge in [-0.1, -0.05) is 76.2 Å². The van der Waals surface area contributed by atoms with Crippen LogP contribution in [0.4, 0.5) is 0 Å². The van der Waals surface area contributed by atoms with Crippen LogP contribution in [0, 0.1) is 0 Å². The van der Waals surface area contributed by atoms with Crippen molar-refractivity contribution < 1.29 is 4.79 Å². The molecule has 2 heteroatoms. The fraction of sp³-hybridized carbons (Fsp3) is 0.312. The van der Waals surface area contributed by atoms with Crippen LogP contribution < -0.4 is 15.9 Å². The molecule has 0 saturated heterocycles. The maximum absolute atomic E-state index is 10.3. The van der Waals surface area contributed by atoms with Crippen LogP contribution in [0.15, 0.2) is 30.9 Å². The molecule has 0 bridgehead atoms. The number of carbonyl (C=O) groups excluding carboxylic acids is 1. The van der Waals surface area contributed by atoms with Gasteiger partial charge in [0.05, 0.1) is 6.19 Å². The van der Waals surface area contributed by atoms with E-state index in [2.05, 4.69) is 6.58 Å². The van der Waals surface area contributed by atoms with E-state index in [1.807, 2.05) is 65.0 Å². The summed E-state index contributed by atoms with van der Waals surface area (Å²) in [5, 5.41) is 2.23. The predicted molar refractivity (Wildman–Crippen MR) is 85.3 cm³/mol. The monoisotopic (exact) mass is 243 g/mol. The van der Waals surface area contributed by atoms with Crippen molar-refractivity contribution in [2.75, 3.05) is 0 Å². The minimum absolute atomic E-state index is 0.794. The smallest absolute Gasteiger partial charge is 0.236 e. The highest BCUT2D eigenvalue weighted by atomic mass is 16.1. The van der Waals surface area contributed by atoms with Crippen LogP contribution in [-0.4, -0.2) is 13.5 Å². The molecule has 0 N–H and O–H groups in total. The molecule has 0 aromatic heterocycles. The third kappa shape index (κ3) is 6.90. The van der Waals surface area contributed by atoms with Crippen molar-refractivity contribution in [3.63, 3.8) is 0 Å². The van der Waals surface area contributed by atoms with Crippen LogP contribution in [0.3, 0.4) is 0 Å². The third-order valence-electron chi connectivity index (χ3n) is 1.98. The molecule has 0 aliphatic heterocycles. The van der Waals surface area contributed by atoms with Crippen LogP contribution in [0.1, 0.15) is 34.6 Å². The number of benzene rings is 1. The Hall–Kier alpha value is -1.57. The molecular weight excluding hydrogens is 219 g/mol. The lowest BCUT2D eigenvalue weighted by Gasteiger charge is -1.94. The molecule has 0 aliphatic carbocycles. The molecule has 0 aliphatic rings. The Morgan fingerprint density at radius 2 is 1.72 bits per heavy atom. The SMILES string of the molecule is C=C/C=c1/cc([B]C=O)cc/c1=C/C.CC.CC. The summed E-state index contributed by atoms with van der Waals surface area (Å²) < 4.78 is 0. The lowest BCUT2D eigenvalue weighted by Crippen LogP contribution is -2.31. The molecule has 0 heterocycles. The third-order valence-corrected chi connectivity index (χ3v) is 1.98. The molecule has 1 aromatic carbocycles. The molecule has 97 valence electrons. The van der Waals surface area contributed by atoms with Gasteiger partial charge in [0.2, 0.25) is 7.28 Å². The Morgan fingerprint density at radius 1 is 1.11 bits per heavy atom. The Balaban J connectivity index is 0. The maximum atomic E-state index is 10.3. The number of allylic oxidation sites excluding steroid dienone is 1. The predicted octanol–water partition coefficient (Wildman–Crippen LogP) is 2.03. The van der Waals surface area contributed by atoms with E-state index in [0.29, 0.717) is 0 Å². The van der Waals surface area contributed by atoms with Gasteiger partial charge in [-0.2, -0.15) is 0 Å². The molecule has 1 nitrogen and oxygen atoms in total. The highest BCUT2D eigenvalue weighted by Crippen LogP contribution is 1.72. The molecule has 1 aromatic rings. The highest BCUT2D eigenvalue weighted by molar-refractivity contribution is 6.78. The van der Waals surface area contributed by atoms with Crippen molar-refractivity contribution >= 4 is 31.1 Å². The molecule has 0 spiro atoms. The summed E-state index contributed by atoms with van der Waals surface area (Å²) in [5.41, 5.74) is 0.915. The average Bonchev–Trinajstić information content (AvgIpc) is 2.44. The topological polar surface area (TPSA) is 17.1 Å². The normalized spacial score (nSPS) is 10.5. The second-order valence-corrected chi connectivity index (χ2v) is 2.88. The minimum atomic E-state index is 0.794. The minimum Gasteiger partial charge on any atom is -0.315 e. The van der Waals surface area contributed by atoms with Gasteiger partial charge in [-0.25, -0.2) is 0 Å². The summed E-state index contributed by atoms with van der Waals surface area (Å²) in [4.78, 5) is 10.3. The lowest BCUT2D eigenvalue weighted by atomic mass is 9.72. The van der Waals surface area contributed by atoms with Crippen molar-refractivity contribution in [2.45, 2.75) is 34.6 Å². The van der Waals surface area contributed by atoms with E-state index in [9.17, 15) is 4.79 Å². The van der Waals surface area contributed by atoms with Gasteiger partial charge in [-0.05, 0) is 17.4 Å². The first-order chi connectivity index (χ1) is 8.81. The van der Waals surface area contributed by atoms with E-state index in [0.717, 1.165) is 22.1 Å². The Morgan fingerprint density at radius 3 is 2.17 bits per heavy atom. The number of hydrogen-bond donors (Lipinski definition) is 0. The summed E-state index contributed by atoms with van der Waals surface area (Å²) in [6.07, 6.45) is 6.49. The molecule has 0 atom stereocenters. The van der Waals surface area contributed by atoms with E-state index in [4.69, 9.17) is 0 Å². The second kappa shape index (κ2) is 13.5. The molecule has 0 fully saturated rings. The number of carbonyl (C=O) groups is 1. The summed E-state index contributed by atoms with van der Waals surface area (Å²) in [7, 11) is 1.54. The van der Waals surface area contributed by atoms with E-state index in [1.54, 1.807) is 13.4 Å². The van der Waals surface area contributed by atoms with Gasteiger partial charge in [0.15, 0.2) is 0 Å². The zero-order valence-corrected chi connectivity index (χ0v) is 12.2. The standard InChI is InChI=1S/C12H12BO.2C2H6/c1-3-5-11-8-12(13-9-14)7-6-10(11)4-2;2*1-2/h3-9H,1H2,2H3;2*1-2H3/b10-4-,11-5-;;. The van der Waals surface area contributed by atoms with E-state index >= 15 is 0 Å². The van der Waals surface area contributed by atoms with Crippen LogP contribution in [0.5, 0.6) is 0 Å². The molecule has 0 saturated carbocycles. The maximum Gasteiger partial charge on any atom is 0.236 e. The first-order valence-corrected chi connectivity index (χ1v) is 6.49. The van der Waals surface area contributed by atoms with Gasteiger partial charge in [0.25, 0.3) is 0 Å². The van der Waals surface area contributed by atoms with Crippen LogP contribution in [-0.2, 0) is 4.79 Å². The lowest BCUT2D eigenvalue weighted by molar-refractivity contribution is 0.568. The van der Waals surface area contributed by atoms with Crippen molar-refractivity contribution in [2.24, 2.45) is 0 Å². The molecular formula is C16H24BO. The average molecular weight is 243 g/mol. The summed E-state index contributed by atoms with van der Waals surface area (Å²) in [5.74, 6) is 0. The molecule has 0 unspecified atom stereocenters. The van der Waals surface area contributed by atoms with Crippen molar-refractivity contribution in [1.29, 1.82) is 0 Å². The van der Waals surface area contributed by atoms with Gasteiger partial charge in [0.1, 0.15) is 0 Å². The van der Waals surface area contributed by atoms with Crippen LogP contribution in [0.2, 0.25) is 0 Å². The molecule has 1 rings (SSSR count). The van der Waals surface area contributed by atoms with E-state index in [1.165, 1.54) is 0 Å². The summed E-state index contributed by atoms with van der Waals surface area (Å²) in [6.45, 7) is 13.6. The molecule has 0 amide bonds. The van der Waals surface area contributed by atoms with E-state index in [-0.39, 0.29) is 0 Å². The van der Waals surface area contributed by atoms with Crippen molar-refractivity contribution in [1.82, 2.24) is 0 Å². The number of rotatable bonds is 3. The zero-order valence-electron chi connectivity index (χ0n) is 12.2. The Bertz CT molecular complexity index is 447. The zero-order chi connectivity index (χ0) is 14.4. The second-order valence-electron chi connectivity index (χ2n) is 2.88. The molecule has 1 radical (unpaired) electrons. The van der Waals surface area contributed by atoms with Crippen LogP contribution in [0.25, 0.3) is 12.2 Å². The largest absolute Gasteiger partial charge is 0.315 e. The van der Waals surface area contributed by atoms with Gasteiger partial charge >= 0.3 is 0 Å². The van der Waals surface area contributed by atoms with Crippen LogP contribution >= 0.6 is 0 Å². The first kappa shape index (κ1) is 18.8. The first-order valence-electron chi connectivity index (χ1n) is 6.49.